The lowest BCUT2D eigenvalue weighted by Crippen LogP contribution is -2.28. The predicted octanol–water partition coefficient (Wildman–Crippen LogP) is 5.81. The summed E-state index contributed by atoms with van der Waals surface area (Å²) in [5, 5.41) is 0. The van der Waals surface area contributed by atoms with Crippen molar-refractivity contribution in [1.82, 2.24) is 0 Å². The van der Waals surface area contributed by atoms with Crippen LogP contribution in [0.1, 0.15) is 62.9 Å². The molecule has 1 aromatic rings. The number of aryl methyl sites for hydroxylation is 1. The van der Waals surface area contributed by atoms with Gasteiger partial charge in [-0.05, 0) is 24.8 Å². The Balaban J connectivity index is 1.73. The molecule has 1 aromatic carbocycles. The molecule has 0 aromatic heterocycles. The third kappa shape index (κ3) is 6.81. The first-order chi connectivity index (χ1) is 11.5. The molecule has 5 heteroatoms. The zero-order valence-electron chi connectivity index (χ0n) is 14.3. The fourth-order valence-electron chi connectivity index (χ4n) is 2.87. The molecule has 0 atom stereocenters. The average Bonchev–Trinajstić information content (AvgIpc) is 2.57. The maximum Gasteiger partial charge on any atom is 0.389 e. The Morgan fingerprint density at radius 3 is 2.25 bits per heavy atom. The van der Waals surface area contributed by atoms with Crippen molar-refractivity contribution in [2.24, 2.45) is 5.92 Å². The normalized spacial score (nSPS) is 21.8. The predicted molar refractivity (Wildman–Crippen MR) is 87.7 cm³/mol. The zero-order chi connectivity index (χ0) is 17.4. The van der Waals surface area contributed by atoms with E-state index < -0.39 is 18.9 Å². The fraction of sp³-hybridized carbons (Fsp3) is 0.684. The number of ether oxygens (including phenoxy) is 2. The number of hydrogen-bond acceptors (Lipinski definition) is 2. The smallest absolute Gasteiger partial charge is 0.348 e. The van der Waals surface area contributed by atoms with Gasteiger partial charge in [-0.15, -0.1) is 0 Å². The molecule has 1 aliphatic heterocycles. The molecule has 1 saturated heterocycles. The third-order valence-corrected chi connectivity index (χ3v) is 4.37. The molecule has 0 amide bonds. The van der Waals surface area contributed by atoms with Crippen LogP contribution in [0, 0.1) is 5.92 Å². The van der Waals surface area contributed by atoms with Crippen molar-refractivity contribution in [3.63, 3.8) is 0 Å². The minimum atomic E-state index is -4.11. The van der Waals surface area contributed by atoms with E-state index in [4.69, 9.17) is 9.47 Å². The Morgan fingerprint density at radius 1 is 1.00 bits per heavy atom. The van der Waals surface area contributed by atoms with Crippen LogP contribution in [0.4, 0.5) is 13.2 Å². The van der Waals surface area contributed by atoms with Crippen molar-refractivity contribution in [1.29, 1.82) is 0 Å². The number of alkyl halides is 3. The lowest BCUT2D eigenvalue weighted by molar-refractivity contribution is -0.211. The second kappa shape index (κ2) is 9.42. The number of unbranched alkanes of at least 4 members (excludes halogenated alkanes) is 3. The van der Waals surface area contributed by atoms with Gasteiger partial charge < -0.3 is 9.47 Å². The second-order valence-electron chi connectivity index (χ2n) is 6.57. The molecule has 0 aliphatic carbocycles. The lowest BCUT2D eigenvalue weighted by atomic mass is 10.0. The third-order valence-electron chi connectivity index (χ3n) is 4.37. The first kappa shape index (κ1) is 19.3. The van der Waals surface area contributed by atoms with Crippen molar-refractivity contribution >= 4 is 0 Å². The van der Waals surface area contributed by atoms with E-state index in [-0.39, 0.29) is 12.3 Å². The molecule has 2 nitrogen and oxygen atoms in total. The van der Waals surface area contributed by atoms with Gasteiger partial charge in [0.1, 0.15) is 0 Å². The second-order valence-corrected chi connectivity index (χ2v) is 6.57. The SMILES string of the molecule is CCCCCCc1ccc(C2OCC(CCC(F)(F)F)CO2)cc1. The highest BCUT2D eigenvalue weighted by molar-refractivity contribution is 5.23. The van der Waals surface area contributed by atoms with E-state index in [2.05, 4.69) is 19.1 Å². The number of rotatable bonds is 8. The largest absolute Gasteiger partial charge is 0.389 e. The van der Waals surface area contributed by atoms with Crippen molar-refractivity contribution in [2.75, 3.05) is 13.2 Å². The lowest BCUT2D eigenvalue weighted by Gasteiger charge is -2.30. The van der Waals surface area contributed by atoms with Gasteiger partial charge in [-0.3, -0.25) is 0 Å². The Hall–Kier alpha value is -1.07. The summed E-state index contributed by atoms with van der Waals surface area (Å²) in [6.45, 7) is 2.84. The van der Waals surface area contributed by atoms with Crippen molar-refractivity contribution in [3.8, 4) is 0 Å². The minimum Gasteiger partial charge on any atom is -0.348 e. The quantitative estimate of drug-likeness (QED) is 0.554. The van der Waals surface area contributed by atoms with Gasteiger partial charge >= 0.3 is 6.18 Å². The molecule has 1 aliphatic rings. The Labute approximate surface area is 142 Å². The highest BCUT2D eigenvalue weighted by Crippen LogP contribution is 2.30. The maximum absolute atomic E-state index is 12.2. The van der Waals surface area contributed by atoms with Gasteiger partial charge in [0.2, 0.25) is 0 Å². The van der Waals surface area contributed by atoms with Crippen LogP contribution >= 0.6 is 0 Å². The average molecular weight is 344 g/mol. The minimum absolute atomic E-state index is 0.0624. The Bertz CT molecular complexity index is 462. The van der Waals surface area contributed by atoms with Crippen LogP contribution < -0.4 is 0 Å². The highest BCUT2D eigenvalue weighted by atomic mass is 19.4. The highest BCUT2D eigenvalue weighted by Gasteiger charge is 2.30. The van der Waals surface area contributed by atoms with Crippen LogP contribution in [0.3, 0.4) is 0 Å². The summed E-state index contributed by atoms with van der Waals surface area (Å²) < 4.78 is 47.9. The molecular formula is C19H27F3O2. The summed E-state index contributed by atoms with van der Waals surface area (Å²) in [6, 6.07) is 8.17. The van der Waals surface area contributed by atoms with Gasteiger partial charge in [0.05, 0.1) is 13.2 Å². The molecular weight excluding hydrogens is 317 g/mol. The standard InChI is InChI=1S/C19H27F3O2/c1-2-3-4-5-6-15-7-9-17(10-8-15)18-23-13-16(14-24-18)11-12-19(20,21)22/h7-10,16,18H,2-6,11-14H2,1H3. The van der Waals surface area contributed by atoms with E-state index in [1.165, 1.54) is 31.2 Å². The van der Waals surface area contributed by atoms with Gasteiger partial charge in [0.25, 0.3) is 0 Å². The fourth-order valence-corrected chi connectivity index (χ4v) is 2.87. The van der Waals surface area contributed by atoms with Gasteiger partial charge in [-0.25, -0.2) is 0 Å². The van der Waals surface area contributed by atoms with E-state index in [9.17, 15) is 13.2 Å². The molecule has 0 radical (unpaired) electrons. The van der Waals surface area contributed by atoms with Gasteiger partial charge in [-0.1, -0.05) is 50.5 Å². The summed E-state index contributed by atoms with van der Waals surface area (Å²) in [4.78, 5) is 0. The molecule has 0 unspecified atom stereocenters. The van der Waals surface area contributed by atoms with Crippen LogP contribution in [0.2, 0.25) is 0 Å². The summed E-state index contributed by atoms with van der Waals surface area (Å²) >= 11 is 0. The van der Waals surface area contributed by atoms with Gasteiger partial charge in [0, 0.05) is 17.9 Å². The summed E-state index contributed by atoms with van der Waals surface area (Å²) in [5.74, 6) is -0.180. The molecule has 1 fully saturated rings. The van der Waals surface area contributed by atoms with E-state index in [0.717, 1.165) is 12.0 Å². The summed E-state index contributed by atoms with van der Waals surface area (Å²) in [7, 11) is 0. The van der Waals surface area contributed by atoms with Crippen LogP contribution in [-0.2, 0) is 15.9 Å². The Morgan fingerprint density at radius 2 is 1.67 bits per heavy atom. The molecule has 136 valence electrons. The van der Waals surface area contributed by atoms with E-state index >= 15 is 0 Å². The van der Waals surface area contributed by atoms with Crippen LogP contribution in [0.5, 0.6) is 0 Å². The van der Waals surface area contributed by atoms with E-state index in [0.29, 0.717) is 13.2 Å². The first-order valence-corrected chi connectivity index (χ1v) is 8.86. The van der Waals surface area contributed by atoms with Crippen LogP contribution in [0.25, 0.3) is 0 Å². The molecule has 0 N–H and O–H groups in total. The van der Waals surface area contributed by atoms with Gasteiger partial charge in [-0.2, -0.15) is 13.2 Å². The molecule has 24 heavy (non-hydrogen) atoms. The number of hydrogen-bond donors (Lipinski definition) is 0. The summed E-state index contributed by atoms with van der Waals surface area (Å²) in [5.41, 5.74) is 2.23. The number of benzene rings is 1. The van der Waals surface area contributed by atoms with Crippen molar-refractivity contribution in [3.05, 3.63) is 35.4 Å². The molecule has 0 bridgehead atoms. The van der Waals surface area contributed by atoms with Gasteiger partial charge in [0.15, 0.2) is 6.29 Å². The maximum atomic E-state index is 12.2. The summed E-state index contributed by atoms with van der Waals surface area (Å²) in [6.07, 6.45) is 0.763. The molecule has 2 rings (SSSR count). The first-order valence-electron chi connectivity index (χ1n) is 8.86. The van der Waals surface area contributed by atoms with Crippen LogP contribution in [0.15, 0.2) is 24.3 Å². The monoisotopic (exact) mass is 344 g/mol. The van der Waals surface area contributed by atoms with Crippen molar-refractivity contribution in [2.45, 2.75) is 64.3 Å². The van der Waals surface area contributed by atoms with E-state index in [1.54, 1.807) is 0 Å². The number of halogens is 3. The molecule has 1 heterocycles. The molecule has 0 spiro atoms. The van der Waals surface area contributed by atoms with E-state index in [1.807, 2.05) is 12.1 Å². The zero-order valence-corrected chi connectivity index (χ0v) is 14.3. The Kier molecular flexibility index (Phi) is 7.56. The van der Waals surface area contributed by atoms with Crippen molar-refractivity contribution < 1.29 is 22.6 Å². The molecule has 0 saturated carbocycles. The van der Waals surface area contributed by atoms with Crippen LogP contribution in [-0.4, -0.2) is 19.4 Å². The topological polar surface area (TPSA) is 18.5 Å².